The monoisotopic (exact) mass is 394 g/mol. The Bertz CT molecular complexity index is 989. The minimum atomic E-state index is -0.385. The number of nitrogens with zero attached hydrogens (tertiary/aromatic N) is 2. The normalized spacial score (nSPS) is 26.6. The maximum atomic E-state index is 13.6. The standard InChI is InChI=1S/C23H30N4O2/c1-22(2)10-14(11-23(3,4)25-22)26-13-20(28)27-12-18-16(9-19(27)21(26)29)15-7-5-6-8-17(15)24-18/h5-8,14,19,24-25H,9-13H2,1-4H3. The molecule has 0 spiro atoms. The van der Waals surface area contributed by atoms with Crippen LogP contribution in [0.1, 0.15) is 51.8 Å². The van der Waals surface area contributed by atoms with E-state index in [-0.39, 0.29) is 41.5 Å². The molecule has 2 N–H and O–H groups in total. The van der Waals surface area contributed by atoms with E-state index in [1.54, 1.807) is 4.90 Å². The zero-order valence-electron chi connectivity index (χ0n) is 17.7. The molecule has 29 heavy (non-hydrogen) atoms. The predicted octanol–water partition coefficient (Wildman–Crippen LogP) is 2.57. The largest absolute Gasteiger partial charge is 0.357 e. The van der Waals surface area contributed by atoms with Gasteiger partial charge in [-0.2, -0.15) is 0 Å². The molecule has 3 aliphatic heterocycles. The van der Waals surface area contributed by atoms with Crippen molar-refractivity contribution in [3.63, 3.8) is 0 Å². The van der Waals surface area contributed by atoms with Crippen LogP contribution in [0.2, 0.25) is 0 Å². The van der Waals surface area contributed by atoms with Gasteiger partial charge in [0, 0.05) is 40.1 Å². The maximum absolute atomic E-state index is 13.6. The van der Waals surface area contributed by atoms with Crippen molar-refractivity contribution in [1.82, 2.24) is 20.1 Å². The molecule has 1 aromatic heterocycles. The summed E-state index contributed by atoms with van der Waals surface area (Å²) < 4.78 is 0. The Labute approximate surface area is 171 Å². The van der Waals surface area contributed by atoms with Crippen molar-refractivity contribution in [3.8, 4) is 0 Å². The molecule has 1 atom stereocenters. The number of H-pyrrole nitrogens is 1. The highest BCUT2D eigenvalue weighted by atomic mass is 16.2. The number of hydrogen-bond acceptors (Lipinski definition) is 3. The molecule has 0 radical (unpaired) electrons. The molecule has 2 amide bonds. The topological polar surface area (TPSA) is 68.4 Å². The minimum Gasteiger partial charge on any atom is -0.357 e. The van der Waals surface area contributed by atoms with Gasteiger partial charge >= 0.3 is 0 Å². The van der Waals surface area contributed by atoms with Gasteiger partial charge in [0.25, 0.3) is 0 Å². The summed E-state index contributed by atoms with van der Waals surface area (Å²) in [6, 6.07) is 7.90. The average molecular weight is 395 g/mol. The van der Waals surface area contributed by atoms with Gasteiger partial charge in [0.2, 0.25) is 11.8 Å². The number of carbonyl (C=O) groups is 2. The first-order chi connectivity index (χ1) is 13.6. The summed E-state index contributed by atoms with van der Waals surface area (Å²) in [4.78, 5) is 33.8. The van der Waals surface area contributed by atoms with Gasteiger partial charge in [-0.3, -0.25) is 9.59 Å². The van der Waals surface area contributed by atoms with E-state index in [4.69, 9.17) is 0 Å². The zero-order chi connectivity index (χ0) is 20.6. The number of piperidine rings is 1. The van der Waals surface area contributed by atoms with Crippen molar-refractivity contribution in [2.45, 2.75) is 76.7 Å². The molecule has 154 valence electrons. The molecule has 4 heterocycles. The Kier molecular flexibility index (Phi) is 3.92. The van der Waals surface area contributed by atoms with Crippen LogP contribution in [0.3, 0.4) is 0 Å². The molecule has 5 rings (SSSR count). The number of para-hydroxylation sites is 1. The van der Waals surface area contributed by atoms with Crippen molar-refractivity contribution in [2.75, 3.05) is 6.54 Å². The molecule has 3 aliphatic rings. The highest BCUT2D eigenvalue weighted by molar-refractivity contribution is 5.97. The van der Waals surface area contributed by atoms with E-state index in [0.29, 0.717) is 13.0 Å². The van der Waals surface area contributed by atoms with E-state index in [0.717, 1.165) is 24.1 Å². The number of hydrogen-bond donors (Lipinski definition) is 2. The molecule has 6 heteroatoms. The maximum Gasteiger partial charge on any atom is 0.246 e. The van der Waals surface area contributed by atoms with E-state index in [2.05, 4.69) is 50.1 Å². The van der Waals surface area contributed by atoms with Crippen molar-refractivity contribution in [2.24, 2.45) is 0 Å². The number of aromatic amines is 1. The lowest BCUT2D eigenvalue weighted by atomic mass is 9.78. The highest BCUT2D eigenvalue weighted by Gasteiger charge is 2.48. The van der Waals surface area contributed by atoms with Gasteiger partial charge in [-0.25, -0.2) is 0 Å². The fourth-order valence-electron chi connectivity index (χ4n) is 5.99. The van der Waals surface area contributed by atoms with Crippen LogP contribution in [0.25, 0.3) is 10.9 Å². The van der Waals surface area contributed by atoms with Gasteiger partial charge < -0.3 is 20.1 Å². The summed E-state index contributed by atoms with van der Waals surface area (Å²) in [5, 5.41) is 4.85. The Hall–Kier alpha value is -2.34. The molecule has 2 aromatic rings. The van der Waals surface area contributed by atoms with Gasteiger partial charge in [0.15, 0.2) is 0 Å². The van der Waals surface area contributed by atoms with Gasteiger partial charge in [0.05, 0.1) is 6.54 Å². The molecule has 6 nitrogen and oxygen atoms in total. The second-order valence-corrected chi connectivity index (χ2v) is 10.3. The Morgan fingerprint density at radius 1 is 0.966 bits per heavy atom. The summed E-state index contributed by atoms with van der Waals surface area (Å²) in [6.45, 7) is 9.42. The summed E-state index contributed by atoms with van der Waals surface area (Å²) in [5.74, 6) is 0.173. The molecular weight excluding hydrogens is 364 g/mol. The van der Waals surface area contributed by atoms with Crippen LogP contribution in [0.5, 0.6) is 0 Å². The third-order valence-corrected chi connectivity index (χ3v) is 6.81. The molecule has 2 fully saturated rings. The fourth-order valence-corrected chi connectivity index (χ4v) is 5.99. The smallest absolute Gasteiger partial charge is 0.246 e. The van der Waals surface area contributed by atoms with Gasteiger partial charge in [-0.15, -0.1) is 0 Å². The summed E-state index contributed by atoms with van der Waals surface area (Å²) >= 11 is 0. The van der Waals surface area contributed by atoms with Gasteiger partial charge in [0.1, 0.15) is 12.6 Å². The molecular formula is C23H30N4O2. The second-order valence-electron chi connectivity index (χ2n) is 10.3. The van der Waals surface area contributed by atoms with Crippen molar-refractivity contribution in [3.05, 3.63) is 35.5 Å². The SMILES string of the molecule is CC1(C)CC(N2CC(=O)N3Cc4[nH]c5ccccc5c4CC3C2=O)CC(C)(C)N1. The first-order valence-electron chi connectivity index (χ1n) is 10.6. The number of carbonyl (C=O) groups excluding carboxylic acids is 2. The average Bonchev–Trinajstić information content (AvgIpc) is 2.98. The number of benzene rings is 1. The third kappa shape index (κ3) is 3.05. The highest BCUT2D eigenvalue weighted by Crippen LogP contribution is 2.36. The molecule has 0 aliphatic carbocycles. The lowest BCUT2D eigenvalue weighted by molar-refractivity contribution is -0.161. The second kappa shape index (κ2) is 6.08. The predicted molar refractivity (Wildman–Crippen MR) is 112 cm³/mol. The quantitative estimate of drug-likeness (QED) is 0.781. The van der Waals surface area contributed by atoms with Crippen LogP contribution in [0, 0.1) is 0 Å². The van der Waals surface area contributed by atoms with E-state index in [1.807, 2.05) is 17.0 Å². The summed E-state index contributed by atoms with van der Waals surface area (Å²) in [7, 11) is 0. The van der Waals surface area contributed by atoms with E-state index < -0.39 is 0 Å². The van der Waals surface area contributed by atoms with E-state index in [1.165, 1.54) is 10.9 Å². The minimum absolute atomic E-state index is 0.0630. The first-order valence-corrected chi connectivity index (χ1v) is 10.6. The molecule has 2 saturated heterocycles. The molecule has 0 saturated carbocycles. The fraction of sp³-hybridized carbons (Fsp3) is 0.565. The lowest BCUT2D eigenvalue weighted by Crippen LogP contribution is -2.68. The van der Waals surface area contributed by atoms with E-state index >= 15 is 0 Å². The van der Waals surface area contributed by atoms with Crippen LogP contribution in [0.4, 0.5) is 0 Å². The Morgan fingerprint density at radius 3 is 2.38 bits per heavy atom. The van der Waals surface area contributed by atoms with Gasteiger partial charge in [-0.05, 0) is 52.2 Å². The molecule has 1 aromatic carbocycles. The first kappa shape index (κ1) is 18.7. The number of aromatic nitrogens is 1. The van der Waals surface area contributed by atoms with Gasteiger partial charge in [-0.1, -0.05) is 18.2 Å². The summed E-state index contributed by atoms with van der Waals surface area (Å²) in [6.07, 6.45) is 2.32. The summed E-state index contributed by atoms with van der Waals surface area (Å²) in [5.41, 5.74) is 3.21. The van der Waals surface area contributed by atoms with Crippen LogP contribution >= 0.6 is 0 Å². The van der Waals surface area contributed by atoms with Crippen LogP contribution < -0.4 is 5.32 Å². The van der Waals surface area contributed by atoms with Crippen LogP contribution in [-0.4, -0.2) is 56.3 Å². The number of piperazine rings is 1. The van der Waals surface area contributed by atoms with Crippen LogP contribution in [-0.2, 0) is 22.6 Å². The van der Waals surface area contributed by atoms with Crippen molar-refractivity contribution >= 4 is 22.7 Å². The van der Waals surface area contributed by atoms with Crippen molar-refractivity contribution < 1.29 is 9.59 Å². The number of rotatable bonds is 1. The van der Waals surface area contributed by atoms with Crippen molar-refractivity contribution in [1.29, 1.82) is 0 Å². The third-order valence-electron chi connectivity index (χ3n) is 6.81. The van der Waals surface area contributed by atoms with E-state index in [9.17, 15) is 9.59 Å². The molecule has 1 unspecified atom stereocenters. The number of nitrogens with one attached hydrogen (secondary N) is 2. The number of amides is 2. The molecule has 0 bridgehead atoms. The number of fused-ring (bicyclic) bond motifs is 4. The van der Waals surface area contributed by atoms with Crippen LogP contribution in [0.15, 0.2) is 24.3 Å². The zero-order valence-corrected chi connectivity index (χ0v) is 17.7. The Morgan fingerprint density at radius 2 is 1.66 bits per heavy atom. The Balaban J connectivity index is 1.47. The lowest BCUT2D eigenvalue weighted by Gasteiger charge is -2.52.